The lowest BCUT2D eigenvalue weighted by Gasteiger charge is -2.14. The summed E-state index contributed by atoms with van der Waals surface area (Å²) in [5, 5.41) is 0. The standard InChI is InChI=1S/C12H15F2NO2/c1-15(5-6-17-2)8-12(16)9-3-4-10(13)11(14)7-9/h3-4,7H,5-6,8H2,1-2H3. The zero-order valence-electron chi connectivity index (χ0n) is 9.87. The maximum absolute atomic E-state index is 12.9. The van der Waals surface area contributed by atoms with Crippen molar-refractivity contribution in [1.82, 2.24) is 4.90 Å². The molecule has 94 valence electrons. The summed E-state index contributed by atoms with van der Waals surface area (Å²) >= 11 is 0. The minimum atomic E-state index is -1.00. The second-order valence-electron chi connectivity index (χ2n) is 3.78. The molecule has 0 radical (unpaired) electrons. The van der Waals surface area contributed by atoms with E-state index in [1.807, 2.05) is 0 Å². The van der Waals surface area contributed by atoms with Crippen LogP contribution < -0.4 is 0 Å². The van der Waals surface area contributed by atoms with Gasteiger partial charge in [0.1, 0.15) is 0 Å². The predicted molar refractivity (Wildman–Crippen MR) is 60.1 cm³/mol. The zero-order valence-corrected chi connectivity index (χ0v) is 9.87. The lowest BCUT2D eigenvalue weighted by Crippen LogP contribution is -2.29. The maximum Gasteiger partial charge on any atom is 0.176 e. The van der Waals surface area contributed by atoms with E-state index in [1.165, 1.54) is 6.07 Å². The van der Waals surface area contributed by atoms with Gasteiger partial charge in [-0.3, -0.25) is 9.69 Å². The summed E-state index contributed by atoms with van der Waals surface area (Å²) in [6.07, 6.45) is 0. The van der Waals surface area contributed by atoms with Gasteiger partial charge in [0, 0.05) is 19.2 Å². The molecule has 0 saturated carbocycles. The summed E-state index contributed by atoms with van der Waals surface area (Å²) < 4.78 is 30.5. The van der Waals surface area contributed by atoms with Crippen molar-refractivity contribution in [2.24, 2.45) is 0 Å². The van der Waals surface area contributed by atoms with Gasteiger partial charge in [-0.2, -0.15) is 0 Å². The fourth-order valence-corrected chi connectivity index (χ4v) is 1.33. The lowest BCUT2D eigenvalue weighted by molar-refractivity contribution is 0.0922. The Balaban J connectivity index is 2.60. The molecule has 0 fully saturated rings. The van der Waals surface area contributed by atoms with Crippen molar-refractivity contribution in [2.75, 3.05) is 33.9 Å². The third-order valence-electron chi connectivity index (χ3n) is 2.33. The van der Waals surface area contributed by atoms with E-state index in [1.54, 1.807) is 19.1 Å². The first-order valence-corrected chi connectivity index (χ1v) is 5.20. The molecular weight excluding hydrogens is 228 g/mol. The van der Waals surface area contributed by atoms with Crippen molar-refractivity contribution in [3.8, 4) is 0 Å². The van der Waals surface area contributed by atoms with Crippen LogP contribution in [0.25, 0.3) is 0 Å². The van der Waals surface area contributed by atoms with Gasteiger partial charge in [0.25, 0.3) is 0 Å². The Labute approximate surface area is 99.0 Å². The molecule has 3 nitrogen and oxygen atoms in total. The first-order valence-electron chi connectivity index (χ1n) is 5.20. The quantitative estimate of drug-likeness (QED) is 0.712. The Bertz CT molecular complexity index is 396. The summed E-state index contributed by atoms with van der Waals surface area (Å²) in [7, 11) is 3.34. The van der Waals surface area contributed by atoms with Gasteiger partial charge in [0.2, 0.25) is 0 Å². The second-order valence-corrected chi connectivity index (χ2v) is 3.78. The topological polar surface area (TPSA) is 29.5 Å². The molecule has 0 aromatic heterocycles. The van der Waals surface area contributed by atoms with E-state index in [0.717, 1.165) is 12.1 Å². The van der Waals surface area contributed by atoms with Crippen molar-refractivity contribution >= 4 is 5.78 Å². The van der Waals surface area contributed by atoms with Crippen LogP contribution in [0.15, 0.2) is 18.2 Å². The van der Waals surface area contributed by atoms with Gasteiger partial charge in [0.15, 0.2) is 17.4 Å². The molecule has 0 aliphatic rings. The number of rotatable bonds is 6. The van der Waals surface area contributed by atoms with Gasteiger partial charge in [-0.15, -0.1) is 0 Å². The van der Waals surface area contributed by atoms with Crippen molar-refractivity contribution in [3.63, 3.8) is 0 Å². The highest BCUT2D eigenvalue weighted by molar-refractivity contribution is 5.97. The minimum Gasteiger partial charge on any atom is -0.383 e. The maximum atomic E-state index is 12.9. The number of likely N-dealkylation sites (N-methyl/N-ethyl adjacent to an activating group) is 1. The molecule has 0 N–H and O–H groups in total. The number of halogens is 2. The van der Waals surface area contributed by atoms with Crippen LogP contribution >= 0.6 is 0 Å². The van der Waals surface area contributed by atoms with Crippen molar-refractivity contribution in [2.45, 2.75) is 0 Å². The highest BCUT2D eigenvalue weighted by atomic mass is 19.2. The Hall–Kier alpha value is -1.33. The average molecular weight is 243 g/mol. The molecule has 0 bridgehead atoms. The van der Waals surface area contributed by atoms with Crippen LogP contribution in [0.3, 0.4) is 0 Å². The van der Waals surface area contributed by atoms with Crippen molar-refractivity contribution in [3.05, 3.63) is 35.4 Å². The smallest absolute Gasteiger partial charge is 0.176 e. The van der Waals surface area contributed by atoms with Crippen molar-refractivity contribution < 1.29 is 18.3 Å². The first kappa shape index (κ1) is 13.7. The van der Waals surface area contributed by atoms with Gasteiger partial charge in [-0.25, -0.2) is 8.78 Å². The number of nitrogens with zero attached hydrogens (tertiary/aromatic N) is 1. The third kappa shape index (κ3) is 4.20. The summed E-state index contributed by atoms with van der Waals surface area (Å²) in [4.78, 5) is 13.5. The van der Waals surface area contributed by atoms with Gasteiger partial charge in [0.05, 0.1) is 13.2 Å². The van der Waals surface area contributed by atoms with Crippen LogP contribution in [0, 0.1) is 11.6 Å². The molecule has 0 aliphatic heterocycles. The van der Waals surface area contributed by atoms with Crippen LogP contribution in [0.1, 0.15) is 10.4 Å². The van der Waals surface area contributed by atoms with E-state index in [0.29, 0.717) is 13.2 Å². The monoisotopic (exact) mass is 243 g/mol. The number of methoxy groups -OCH3 is 1. The molecule has 1 aromatic rings. The summed E-state index contributed by atoms with van der Waals surface area (Å²) in [6.45, 7) is 1.27. The molecule has 0 unspecified atom stereocenters. The predicted octanol–water partition coefficient (Wildman–Crippen LogP) is 1.73. The Morgan fingerprint density at radius 2 is 2.06 bits per heavy atom. The number of hydrogen-bond acceptors (Lipinski definition) is 3. The van der Waals surface area contributed by atoms with E-state index in [4.69, 9.17) is 4.74 Å². The average Bonchev–Trinajstić information content (AvgIpc) is 2.30. The van der Waals surface area contributed by atoms with Crippen molar-refractivity contribution in [1.29, 1.82) is 0 Å². The van der Waals surface area contributed by atoms with Crippen LogP contribution in [0.5, 0.6) is 0 Å². The number of Topliss-reactive ketones (excluding diaryl/α,β-unsaturated/α-hetero) is 1. The molecule has 0 atom stereocenters. The molecule has 0 spiro atoms. The van der Waals surface area contributed by atoms with E-state index in [-0.39, 0.29) is 17.9 Å². The molecule has 17 heavy (non-hydrogen) atoms. The van der Waals surface area contributed by atoms with Gasteiger partial charge in [-0.1, -0.05) is 0 Å². The van der Waals surface area contributed by atoms with Crippen LogP contribution in [-0.2, 0) is 4.74 Å². The second kappa shape index (κ2) is 6.42. The highest BCUT2D eigenvalue weighted by Crippen LogP contribution is 2.09. The SMILES string of the molecule is COCCN(C)CC(=O)c1ccc(F)c(F)c1. The van der Waals surface area contributed by atoms with E-state index in [2.05, 4.69) is 0 Å². The van der Waals surface area contributed by atoms with Gasteiger partial charge >= 0.3 is 0 Å². The number of ketones is 1. The summed E-state index contributed by atoms with van der Waals surface area (Å²) in [5.74, 6) is -2.20. The Morgan fingerprint density at radius 1 is 1.35 bits per heavy atom. The summed E-state index contributed by atoms with van der Waals surface area (Å²) in [6, 6.07) is 3.16. The third-order valence-corrected chi connectivity index (χ3v) is 2.33. The molecule has 0 aliphatic carbocycles. The molecule has 1 aromatic carbocycles. The first-order chi connectivity index (χ1) is 8.04. The van der Waals surface area contributed by atoms with E-state index < -0.39 is 11.6 Å². The molecule has 0 amide bonds. The van der Waals surface area contributed by atoms with Crippen LogP contribution in [-0.4, -0.2) is 44.5 Å². The van der Waals surface area contributed by atoms with E-state index >= 15 is 0 Å². The zero-order chi connectivity index (χ0) is 12.8. The van der Waals surface area contributed by atoms with Crippen LogP contribution in [0.2, 0.25) is 0 Å². The Kier molecular flexibility index (Phi) is 5.18. The molecule has 1 rings (SSSR count). The molecule has 0 heterocycles. The van der Waals surface area contributed by atoms with Gasteiger partial charge < -0.3 is 4.74 Å². The number of carbonyl (C=O) groups is 1. The molecule has 0 saturated heterocycles. The fourth-order valence-electron chi connectivity index (χ4n) is 1.33. The van der Waals surface area contributed by atoms with Crippen LogP contribution in [0.4, 0.5) is 8.78 Å². The molecular formula is C12H15F2NO2. The molecule has 5 heteroatoms. The number of carbonyl (C=O) groups excluding carboxylic acids is 1. The largest absolute Gasteiger partial charge is 0.383 e. The number of benzene rings is 1. The number of ether oxygens (including phenoxy) is 1. The summed E-state index contributed by atoms with van der Waals surface area (Å²) in [5.41, 5.74) is 0.174. The van der Waals surface area contributed by atoms with Gasteiger partial charge in [-0.05, 0) is 25.2 Å². The lowest BCUT2D eigenvalue weighted by atomic mass is 10.1. The Morgan fingerprint density at radius 3 is 2.65 bits per heavy atom. The minimum absolute atomic E-state index is 0.147. The highest BCUT2D eigenvalue weighted by Gasteiger charge is 2.11. The number of hydrogen-bond donors (Lipinski definition) is 0. The van der Waals surface area contributed by atoms with E-state index in [9.17, 15) is 13.6 Å². The normalized spacial score (nSPS) is 10.9. The fraction of sp³-hybridized carbons (Fsp3) is 0.417.